The zero-order valence-corrected chi connectivity index (χ0v) is 12.2. The largest absolute Gasteiger partial charge is 0.440 e. The smallest absolute Gasteiger partial charge is 0.192 e. The van der Waals surface area contributed by atoms with Gasteiger partial charge in [-0.3, -0.25) is 0 Å². The Labute approximate surface area is 127 Å². The van der Waals surface area contributed by atoms with Crippen molar-refractivity contribution in [3.63, 3.8) is 0 Å². The number of nitrogen functional groups attached to an aromatic ring is 1. The van der Waals surface area contributed by atoms with Gasteiger partial charge in [-0.05, 0) is 36.8 Å². The maximum Gasteiger partial charge on any atom is 0.192 e. The first-order chi connectivity index (χ1) is 10.0. The fraction of sp³-hybridized carbons (Fsp3) is 0.0667. The number of aryl methyl sites for hydroxylation is 1. The number of anilines is 1. The summed E-state index contributed by atoms with van der Waals surface area (Å²) < 4.78 is 5.40. The minimum Gasteiger partial charge on any atom is -0.440 e. The van der Waals surface area contributed by atoms with E-state index in [1.807, 2.05) is 19.1 Å². The summed E-state index contributed by atoms with van der Waals surface area (Å²) in [6, 6.07) is 8.66. The molecule has 5 nitrogen and oxygen atoms in total. The number of allylic oxidation sites excluding steroid dienone is 1. The molecule has 2 aromatic rings. The van der Waals surface area contributed by atoms with Crippen molar-refractivity contribution in [2.75, 3.05) is 5.73 Å². The molecule has 0 spiro atoms. The van der Waals surface area contributed by atoms with Gasteiger partial charge in [0, 0.05) is 24.2 Å². The number of pyridine rings is 1. The maximum atomic E-state index is 5.99. The van der Waals surface area contributed by atoms with Crippen LogP contribution in [0.25, 0.3) is 0 Å². The van der Waals surface area contributed by atoms with Crippen LogP contribution in [-0.2, 0) is 0 Å². The van der Waals surface area contributed by atoms with Crippen molar-refractivity contribution in [2.24, 2.45) is 10.7 Å². The molecule has 21 heavy (non-hydrogen) atoms. The highest BCUT2D eigenvalue weighted by Gasteiger charge is 2.02. The highest BCUT2D eigenvalue weighted by Crippen LogP contribution is 2.27. The van der Waals surface area contributed by atoms with Crippen LogP contribution >= 0.6 is 11.6 Å². The molecule has 0 radical (unpaired) electrons. The van der Waals surface area contributed by atoms with Gasteiger partial charge in [0.05, 0.1) is 5.02 Å². The average Bonchev–Trinajstić information content (AvgIpc) is 2.44. The molecule has 108 valence electrons. The maximum absolute atomic E-state index is 5.99. The van der Waals surface area contributed by atoms with Crippen LogP contribution in [0.15, 0.2) is 53.5 Å². The van der Waals surface area contributed by atoms with E-state index in [0.717, 1.165) is 5.56 Å². The predicted octanol–water partition coefficient (Wildman–Crippen LogP) is 3.21. The van der Waals surface area contributed by atoms with Crippen LogP contribution in [0.1, 0.15) is 5.56 Å². The van der Waals surface area contributed by atoms with E-state index in [1.165, 1.54) is 12.3 Å². The molecule has 0 bridgehead atoms. The molecule has 0 aliphatic heterocycles. The number of nitrogens with zero attached hydrogens (tertiary/aromatic N) is 2. The van der Waals surface area contributed by atoms with Gasteiger partial charge < -0.3 is 16.2 Å². The van der Waals surface area contributed by atoms with Gasteiger partial charge in [0.2, 0.25) is 0 Å². The number of benzene rings is 1. The fourth-order valence-electron chi connectivity index (χ4n) is 1.48. The van der Waals surface area contributed by atoms with Crippen LogP contribution in [-0.4, -0.2) is 11.2 Å². The SMILES string of the molecule is Cc1ccc(N=C/C=C(\N)Oc2ccc(N)cc2Cl)nc1. The summed E-state index contributed by atoms with van der Waals surface area (Å²) in [5, 5.41) is 0.392. The van der Waals surface area contributed by atoms with E-state index < -0.39 is 0 Å². The summed E-state index contributed by atoms with van der Waals surface area (Å²) in [5.74, 6) is 1.19. The molecule has 0 fully saturated rings. The lowest BCUT2D eigenvalue weighted by Crippen LogP contribution is -2.06. The van der Waals surface area contributed by atoms with Gasteiger partial charge in [0.15, 0.2) is 11.7 Å². The van der Waals surface area contributed by atoms with Gasteiger partial charge >= 0.3 is 0 Å². The molecule has 4 N–H and O–H groups in total. The van der Waals surface area contributed by atoms with E-state index in [0.29, 0.717) is 22.3 Å². The molecular formula is C15H15ClN4O. The second kappa shape index (κ2) is 6.76. The first-order valence-corrected chi connectivity index (χ1v) is 6.58. The Bertz CT molecular complexity index is 681. The number of rotatable bonds is 4. The molecule has 0 saturated heterocycles. The summed E-state index contributed by atoms with van der Waals surface area (Å²) in [7, 11) is 0. The van der Waals surface area contributed by atoms with Crippen LogP contribution in [0.2, 0.25) is 5.02 Å². The standard InChI is InChI=1S/C15H15ClN4O/c1-10-2-5-15(20-9-10)19-7-6-14(18)21-13-4-3-11(17)8-12(13)16/h2-9H,17-18H2,1H3/b14-6+,19-7?. The monoisotopic (exact) mass is 302 g/mol. The van der Waals surface area contributed by atoms with Gasteiger partial charge in [-0.25, -0.2) is 9.98 Å². The molecule has 0 saturated carbocycles. The number of hydrogen-bond donors (Lipinski definition) is 2. The molecular weight excluding hydrogens is 288 g/mol. The van der Waals surface area contributed by atoms with Crippen molar-refractivity contribution in [3.05, 3.63) is 59.1 Å². The minimum atomic E-state index is 0.164. The summed E-state index contributed by atoms with van der Waals surface area (Å²) in [6.45, 7) is 1.96. The number of aliphatic imine (C=N–C) groups is 1. The van der Waals surface area contributed by atoms with Gasteiger partial charge in [-0.1, -0.05) is 17.7 Å². The van der Waals surface area contributed by atoms with E-state index in [2.05, 4.69) is 9.98 Å². The Balaban J connectivity index is 2.02. The highest BCUT2D eigenvalue weighted by atomic mass is 35.5. The summed E-state index contributed by atoms with van der Waals surface area (Å²) in [5.41, 5.74) is 13.0. The molecule has 1 aromatic heterocycles. The zero-order valence-electron chi connectivity index (χ0n) is 11.5. The Morgan fingerprint density at radius 1 is 1.33 bits per heavy atom. The zero-order chi connectivity index (χ0) is 15.2. The van der Waals surface area contributed by atoms with Crippen LogP contribution in [0.3, 0.4) is 0 Å². The van der Waals surface area contributed by atoms with Gasteiger partial charge in [0.25, 0.3) is 0 Å². The molecule has 0 atom stereocenters. The topological polar surface area (TPSA) is 86.5 Å². The lowest BCUT2D eigenvalue weighted by Gasteiger charge is -2.07. The van der Waals surface area contributed by atoms with Crippen LogP contribution in [0, 0.1) is 6.92 Å². The third kappa shape index (κ3) is 4.50. The van der Waals surface area contributed by atoms with Crippen LogP contribution in [0.4, 0.5) is 11.5 Å². The van der Waals surface area contributed by atoms with Crippen LogP contribution < -0.4 is 16.2 Å². The van der Waals surface area contributed by atoms with E-state index in [-0.39, 0.29) is 5.88 Å². The molecule has 0 aliphatic rings. The lowest BCUT2D eigenvalue weighted by molar-refractivity contribution is 0.421. The highest BCUT2D eigenvalue weighted by molar-refractivity contribution is 6.32. The first kappa shape index (κ1) is 14.9. The Morgan fingerprint density at radius 2 is 2.14 bits per heavy atom. The van der Waals surface area contributed by atoms with Crippen molar-refractivity contribution in [2.45, 2.75) is 6.92 Å². The number of nitrogens with two attached hydrogens (primary N) is 2. The second-order valence-corrected chi connectivity index (χ2v) is 4.74. The average molecular weight is 303 g/mol. The minimum absolute atomic E-state index is 0.164. The predicted molar refractivity (Wildman–Crippen MR) is 85.9 cm³/mol. The van der Waals surface area contributed by atoms with Gasteiger partial charge in [0.1, 0.15) is 5.75 Å². The van der Waals surface area contributed by atoms with E-state index in [4.69, 9.17) is 27.8 Å². The summed E-state index contributed by atoms with van der Waals surface area (Å²) >= 11 is 5.99. The van der Waals surface area contributed by atoms with Gasteiger partial charge in [-0.2, -0.15) is 0 Å². The molecule has 6 heteroatoms. The van der Waals surface area contributed by atoms with Gasteiger partial charge in [-0.15, -0.1) is 0 Å². The molecule has 2 rings (SSSR count). The lowest BCUT2D eigenvalue weighted by atomic mass is 10.3. The van der Waals surface area contributed by atoms with Crippen molar-refractivity contribution in [1.82, 2.24) is 4.98 Å². The molecule has 0 amide bonds. The normalized spacial score (nSPS) is 11.8. The quantitative estimate of drug-likeness (QED) is 0.516. The summed E-state index contributed by atoms with van der Waals surface area (Å²) in [4.78, 5) is 8.28. The Kier molecular flexibility index (Phi) is 4.79. The Hall–Kier alpha value is -2.53. The van der Waals surface area contributed by atoms with Crippen LogP contribution in [0.5, 0.6) is 5.75 Å². The second-order valence-electron chi connectivity index (χ2n) is 4.33. The fourth-order valence-corrected chi connectivity index (χ4v) is 1.71. The van der Waals surface area contributed by atoms with Crippen molar-refractivity contribution in [3.8, 4) is 5.75 Å². The number of hydrogen-bond acceptors (Lipinski definition) is 5. The van der Waals surface area contributed by atoms with Crippen molar-refractivity contribution < 1.29 is 4.74 Å². The third-order valence-corrected chi connectivity index (χ3v) is 2.82. The molecule has 0 unspecified atom stereocenters. The summed E-state index contributed by atoms with van der Waals surface area (Å²) in [6.07, 6.45) is 4.77. The number of ether oxygens (including phenoxy) is 1. The third-order valence-electron chi connectivity index (χ3n) is 2.53. The molecule has 1 aromatic carbocycles. The number of aromatic nitrogens is 1. The number of halogens is 1. The van der Waals surface area contributed by atoms with E-state index in [1.54, 1.807) is 24.4 Å². The molecule has 1 heterocycles. The first-order valence-electron chi connectivity index (χ1n) is 6.20. The van der Waals surface area contributed by atoms with E-state index >= 15 is 0 Å². The van der Waals surface area contributed by atoms with E-state index in [9.17, 15) is 0 Å². The van der Waals surface area contributed by atoms with Crippen molar-refractivity contribution in [1.29, 1.82) is 0 Å². The molecule has 0 aliphatic carbocycles. The Morgan fingerprint density at radius 3 is 2.81 bits per heavy atom. The van der Waals surface area contributed by atoms with Crippen molar-refractivity contribution >= 4 is 29.3 Å².